The van der Waals surface area contributed by atoms with E-state index in [4.69, 9.17) is 0 Å². The van der Waals surface area contributed by atoms with E-state index >= 15 is 0 Å². The summed E-state index contributed by atoms with van der Waals surface area (Å²) in [5.74, 6) is -4.54. The molecule has 2 rings (SSSR count). The van der Waals surface area contributed by atoms with Gasteiger partial charge in [-0.3, -0.25) is 9.69 Å². The van der Waals surface area contributed by atoms with E-state index in [1.807, 2.05) is 72.5 Å². The number of unbranched alkanes of at least 4 members (excludes halogenated alkanes) is 9. The van der Waals surface area contributed by atoms with Crippen molar-refractivity contribution < 1.29 is 18.7 Å². The predicted molar refractivity (Wildman–Crippen MR) is 149 cm³/mol. The third-order valence-electron chi connectivity index (χ3n) is 7.24. The smallest absolute Gasteiger partial charge is 0.305 e. The van der Waals surface area contributed by atoms with Gasteiger partial charge in [0.1, 0.15) is 0 Å². The molecule has 0 aliphatic heterocycles. The monoisotopic (exact) mass is 515 g/mol. The lowest BCUT2D eigenvalue weighted by Gasteiger charge is -2.33. The normalized spacial score (nSPS) is 13.6. The van der Waals surface area contributed by atoms with Crippen LogP contribution in [0.15, 0.2) is 60.7 Å². The van der Waals surface area contributed by atoms with Crippen molar-refractivity contribution in [1.82, 2.24) is 4.90 Å². The topological polar surface area (TPSA) is 40.5 Å². The molecule has 0 amide bonds. The number of rotatable bonds is 20. The molecule has 37 heavy (non-hydrogen) atoms. The fourth-order valence-electron chi connectivity index (χ4n) is 4.71. The molecule has 0 aliphatic carbocycles. The summed E-state index contributed by atoms with van der Waals surface area (Å²) in [7, 11) is 0. The van der Waals surface area contributed by atoms with Crippen molar-refractivity contribution in [2.75, 3.05) is 0 Å². The van der Waals surface area contributed by atoms with Crippen LogP contribution in [0, 0.1) is 0 Å². The Balaban J connectivity index is 1.82. The SMILES string of the molecule is CCCCCCCCCCCCC(F)(F)C(=O)C[C@H](O)[C@H](C)N(Cc1ccccc1)Cc1ccccc1. The molecule has 0 unspecified atom stereocenters. The van der Waals surface area contributed by atoms with Gasteiger partial charge in [0, 0.05) is 32.0 Å². The molecular weight excluding hydrogens is 468 g/mol. The average Bonchev–Trinajstić information content (AvgIpc) is 2.90. The van der Waals surface area contributed by atoms with Gasteiger partial charge in [-0.1, -0.05) is 125 Å². The largest absolute Gasteiger partial charge is 0.391 e. The van der Waals surface area contributed by atoms with E-state index in [0.29, 0.717) is 19.5 Å². The number of alkyl halides is 2. The molecule has 0 heterocycles. The van der Waals surface area contributed by atoms with Gasteiger partial charge in [-0.15, -0.1) is 0 Å². The van der Waals surface area contributed by atoms with Crippen LogP contribution in [0.2, 0.25) is 0 Å². The number of hydrogen-bond acceptors (Lipinski definition) is 3. The Hall–Kier alpha value is -2.11. The van der Waals surface area contributed by atoms with Crippen LogP contribution in [0.1, 0.15) is 102 Å². The third-order valence-corrected chi connectivity index (χ3v) is 7.24. The van der Waals surface area contributed by atoms with Crippen LogP contribution in [-0.2, 0) is 17.9 Å². The molecule has 2 atom stereocenters. The lowest BCUT2D eigenvalue weighted by Crippen LogP contribution is -2.43. The molecule has 0 saturated carbocycles. The second-order valence-corrected chi connectivity index (χ2v) is 10.4. The van der Waals surface area contributed by atoms with Gasteiger partial charge in [0.15, 0.2) is 0 Å². The van der Waals surface area contributed by atoms with Gasteiger partial charge >= 0.3 is 5.92 Å². The summed E-state index contributed by atoms with van der Waals surface area (Å²) in [6.45, 7) is 5.12. The van der Waals surface area contributed by atoms with E-state index in [0.717, 1.165) is 36.8 Å². The summed E-state index contributed by atoms with van der Waals surface area (Å²) >= 11 is 0. The van der Waals surface area contributed by atoms with E-state index < -0.39 is 36.7 Å². The maximum absolute atomic E-state index is 14.6. The highest BCUT2D eigenvalue weighted by atomic mass is 19.3. The number of carbonyl (C=O) groups is 1. The summed E-state index contributed by atoms with van der Waals surface area (Å²) in [5, 5.41) is 10.8. The number of aliphatic hydroxyl groups excluding tert-OH is 1. The number of ketones is 1. The second kappa shape index (κ2) is 17.4. The molecular formula is C32H47F2NO2. The quantitative estimate of drug-likeness (QED) is 0.180. The number of Topliss-reactive ketones (excluding diaryl/α,β-unsaturated/α-hetero) is 1. The van der Waals surface area contributed by atoms with Crippen molar-refractivity contribution in [3.05, 3.63) is 71.8 Å². The highest BCUT2D eigenvalue weighted by molar-refractivity contribution is 5.86. The zero-order chi connectivity index (χ0) is 26.9. The van der Waals surface area contributed by atoms with Gasteiger partial charge in [-0.2, -0.15) is 8.78 Å². The number of halogens is 2. The minimum Gasteiger partial charge on any atom is -0.391 e. The maximum atomic E-state index is 14.6. The van der Waals surface area contributed by atoms with Gasteiger partial charge in [0.25, 0.3) is 0 Å². The van der Waals surface area contributed by atoms with Crippen LogP contribution in [0.3, 0.4) is 0 Å². The third kappa shape index (κ3) is 12.3. The van der Waals surface area contributed by atoms with Crippen LogP contribution in [0.25, 0.3) is 0 Å². The molecule has 2 aromatic rings. The van der Waals surface area contributed by atoms with E-state index in [1.54, 1.807) is 0 Å². The van der Waals surface area contributed by atoms with Crippen LogP contribution < -0.4 is 0 Å². The van der Waals surface area contributed by atoms with Crippen molar-refractivity contribution in [3.8, 4) is 0 Å². The molecule has 0 fully saturated rings. The van der Waals surface area contributed by atoms with Crippen LogP contribution in [-0.4, -0.2) is 33.9 Å². The zero-order valence-electron chi connectivity index (χ0n) is 22.9. The van der Waals surface area contributed by atoms with Gasteiger partial charge in [-0.25, -0.2) is 0 Å². The lowest BCUT2D eigenvalue weighted by molar-refractivity contribution is -0.147. The summed E-state index contributed by atoms with van der Waals surface area (Å²) in [6, 6.07) is 19.2. The maximum Gasteiger partial charge on any atom is 0.305 e. The van der Waals surface area contributed by atoms with E-state index in [2.05, 4.69) is 6.92 Å². The van der Waals surface area contributed by atoms with Crippen LogP contribution >= 0.6 is 0 Å². The molecule has 0 saturated heterocycles. The summed E-state index contributed by atoms with van der Waals surface area (Å²) < 4.78 is 29.2. The standard InChI is InChI=1S/C32H47F2NO2/c1-3-4-5-6-7-8-9-10-11-18-23-32(33,34)31(37)24-30(36)27(2)35(25-28-19-14-12-15-20-28)26-29-21-16-13-17-22-29/h12-17,19-22,27,30,36H,3-11,18,23-26H2,1-2H3/t27-,30-/m0/s1. The Kier molecular flexibility index (Phi) is 14.6. The Labute approximate surface area is 223 Å². The summed E-state index contributed by atoms with van der Waals surface area (Å²) in [6.07, 6.45) is 8.38. The number of carbonyl (C=O) groups excluding carboxylic acids is 1. The zero-order valence-corrected chi connectivity index (χ0v) is 22.9. The van der Waals surface area contributed by atoms with Gasteiger partial charge in [-0.05, 0) is 24.5 Å². The minimum atomic E-state index is -3.38. The van der Waals surface area contributed by atoms with E-state index in [-0.39, 0.29) is 0 Å². The highest BCUT2D eigenvalue weighted by Crippen LogP contribution is 2.27. The number of aliphatic hydroxyl groups is 1. The van der Waals surface area contributed by atoms with Gasteiger partial charge in [0.2, 0.25) is 5.78 Å². The molecule has 206 valence electrons. The lowest BCUT2D eigenvalue weighted by atomic mass is 9.97. The second-order valence-electron chi connectivity index (χ2n) is 10.4. The molecule has 5 heteroatoms. The fraction of sp³-hybridized carbons (Fsp3) is 0.594. The molecule has 0 aromatic heterocycles. The molecule has 3 nitrogen and oxygen atoms in total. The molecule has 0 radical (unpaired) electrons. The van der Waals surface area contributed by atoms with Gasteiger partial charge in [0.05, 0.1) is 6.10 Å². The number of hydrogen-bond donors (Lipinski definition) is 1. The number of benzene rings is 2. The molecule has 0 aliphatic rings. The highest BCUT2D eigenvalue weighted by Gasteiger charge is 2.39. The Morgan fingerprint density at radius 1 is 0.784 bits per heavy atom. The first kappa shape index (κ1) is 31.1. The molecule has 2 aromatic carbocycles. The first-order valence-electron chi connectivity index (χ1n) is 14.2. The molecule has 1 N–H and O–H groups in total. The summed E-state index contributed by atoms with van der Waals surface area (Å²) in [4.78, 5) is 14.5. The average molecular weight is 516 g/mol. The first-order valence-corrected chi connectivity index (χ1v) is 14.2. The Morgan fingerprint density at radius 2 is 1.22 bits per heavy atom. The molecule has 0 spiro atoms. The van der Waals surface area contributed by atoms with Crippen molar-refractivity contribution >= 4 is 5.78 Å². The fourth-order valence-corrected chi connectivity index (χ4v) is 4.71. The Morgan fingerprint density at radius 3 is 1.68 bits per heavy atom. The van der Waals surface area contributed by atoms with Crippen molar-refractivity contribution in [2.45, 2.75) is 122 Å². The summed E-state index contributed by atoms with van der Waals surface area (Å²) in [5.41, 5.74) is 2.13. The predicted octanol–water partition coefficient (Wildman–Crippen LogP) is 8.34. The van der Waals surface area contributed by atoms with Crippen molar-refractivity contribution in [3.63, 3.8) is 0 Å². The van der Waals surface area contributed by atoms with Crippen LogP contribution in [0.5, 0.6) is 0 Å². The number of nitrogens with zero attached hydrogens (tertiary/aromatic N) is 1. The molecule has 0 bridgehead atoms. The van der Waals surface area contributed by atoms with Crippen molar-refractivity contribution in [1.29, 1.82) is 0 Å². The van der Waals surface area contributed by atoms with Crippen molar-refractivity contribution in [2.24, 2.45) is 0 Å². The van der Waals surface area contributed by atoms with E-state index in [1.165, 1.54) is 32.1 Å². The van der Waals surface area contributed by atoms with Crippen LogP contribution in [0.4, 0.5) is 8.78 Å². The van der Waals surface area contributed by atoms with Gasteiger partial charge < -0.3 is 5.11 Å². The minimum absolute atomic E-state index is 0.342. The Bertz CT molecular complexity index is 818. The van der Waals surface area contributed by atoms with E-state index in [9.17, 15) is 18.7 Å². The first-order chi connectivity index (χ1) is 17.8.